The Morgan fingerprint density at radius 1 is 1.10 bits per heavy atom. The average Bonchev–Trinajstić information content (AvgIpc) is 2.87. The predicted octanol–water partition coefficient (Wildman–Crippen LogP) is 3.32. The maximum atomic E-state index is 13.4. The smallest absolute Gasteiger partial charge is 0.319 e. The summed E-state index contributed by atoms with van der Waals surface area (Å²) in [6, 6.07) is 14.9. The maximum Gasteiger partial charge on any atom is 0.319 e. The van der Waals surface area contributed by atoms with Crippen LogP contribution in [0.5, 0.6) is 0 Å². The van der Waals surface area contributed by atoms with E-state index in [1.54, 1.807) is 6.07 Å². The second-order valence-electron chi connectivity index (χ2n) is 7.92. The van der Waals surface area contributed by atoms with Crippen LogP contribution in [-0.2, 0) is 10.2 Å². The van der Waals surface area contributed by atoms with Gasteiger partial charge in [-0.1, -0.05) is 36.4 Å². The van der Waals surface area contributed by atoms with Gasteiger partial charge < -0.3 is 21.1 Å². The standard InChI is InChI=1S/C23H28FN3O3/c1-16(28)26-20-10-12-23(13-11-21(20)29,17-6-3-2-4-7-17)15-25-22(30)27-19-9-5-8-18(24)14-19/h2-9,14,20-21,29H,10-13,15H2,1H3,(H,26,28)(H2,25,27,30)/t20-,21-,23-/m0/s1. The van der Waals surface area contributed by atoms with Gasteiger partial charge in [0.1, 0.15) is 5.82 Å². The van der Waals surface area contributed by atoms with Crippen molar-refractivity contribution in [3.63, 3.8) is 0 Å². The number of aliphatic hydroxyl groups is 1. The predicted molar refractivity (Wildman–Crippen MR) is 114 cm³/mol. The van der Waals surface area contributed by atoms with Gasteiger partial charge in [-0.3, -0.25) is 4.79 Å². The molecule has 2 aromatic rings. The van der Waals surface area contributed by atoms with Crippen molar-refractivity contribution in [2.45, 2.75) is 50.2 Å². The molecule has 7 heteroatoms. The van der Waals surface area contributed by atoms with Gasteiger partial charge in [0.2, 0.25) is 5.91 Å². The zero-order valence-electron chi connectivity index (χ0n) is 17.0. The van der Waals surface area contributed by atoms with Crippen LogP contribution in [0.25, 0.3) is 0 Å². The fraction of sp³-hybridized carbons (Fsp3) is 0.391. The first-order valence-electron chi connectivity index (χ1n) is 10.2. The lowest BCUT2D eigenvalue weighted by Crippen LogP contribution is -2.43. The van der Waals surface area contributed by atoms with E-state index in [1.807, 2.05) is 30.3 Å². The molecular formula is C23H28FN3O3. The number of nitrogens with one attached hydrogen (secondary N) is 3. The van der Waals surface area contributed by atoms with Crippen molar-refractivity contribution >= 4 is 17.6 Å². The molecular weight excluding hydrogens is 385 g/mol. The number of carbonyl (C=O) groups is 2. The van der Waals surface area contributed by atoms with Crippen molar-refractivity contribution in [1.82, 2.24) is 10.6 Å². The highest BCUT2D eigenvalue weighted by molar-refractivity contribution is 5.89. The zero-order chi connectivity index (χ0) is 21.6. The monoisotopic (exact) mass is 413 g/mol. The third-order valence-corrected chi connectivity index (χ3v) is 5.76. The molecule has 2 aromatic carbocycles. The molecule has 1 aliphatic carbocycles. The average molecular weight is 413 g/mol. The highest BCUT2D eigenvalue weighted by atomic mass is 19.1. The molecule has 160 valence electrons. The molecule has 30 heavy (non-hydrogen) atoms. The molecule has 0 heterocycles. The summed E-state index contributed by atoms with van der Waals surface area (Å²) in [4.78, 5) is 23.9. The molecule has 3 amide bonds. The van der Waals surface area contributed by atoms with Crippen molar-refractivity contribution in [3.05, 3.63) is 66.0 Å². The Morgan fingerprint density at radius 2 is 1.83 bits per heavy atom. The van der Waals surface area contributed by atoms with Crippen LogP contribution >= 0.6 is 0 Å². The Balaban J connectivity index is 1.74. The van der Waals surface area contributed by atoms with E-state index in [9.17, 15) is 19.1 Å². The summed E-state index contributed by atoms with van der Waals surface area (Å²) in [5, 5.41) is 18.9. The summed E-state index contributed by atoms with van der Waals surface area (Å²) in [6.45, 7) is 1.80. The molecule has 1 fully saturated rings. The first-order chi connectivity index (χ1) is 14.4. The van der Waals surface area contributed by atoms with Crippen LogP contribution in [0.15, 0.2) is 54.6 Å². The third kappa shape index (κ3) is 5.57. The quantitative estimate of drug-likeness (QED) is 0.567. The van der Waals surface area contributed by atoms with E-state index in [1.165, 1.54) is 25.1 Å². The molecule has 0 aliphatic heterocycles. The second-order valence-corrected chi connectivity index (χ2v) is 7.92. The summed E-state index contributed by atoms with van der Waals surface area (Å²) in [7, 11) is 0. The molecule has 1 saturated carbocycles. The molecule has 3 rings (SSSR count). The van der Waals surface area contributed by atoms with Crippen molar-refractivity contribution in [2.24, 2.45) is 0 Å². The van der Waals surface area contributed by atoms with Crippen LogP contribution in [0.1, 0.15) is 38.2 Å². The molecule has 0 spiro atoms. The van der Waals surface area contributed by atoms with E-state index in [2.05, 4.69) is 16.0 Å². The zero-order valence-corrected chi connectivity index (χ0v) is 17.0. The van der Waals surface area contributed by atoms with Gasteiger partial charge in [-0.15, -0.1) is 0 Å². The van der Waals surface area contributed by atoms with Gasteiger partial charge >= 0.3 is 6.03 Å². The van der Waals surface area contributed by atoms with Gasteiger partial charge in [-0.05, 0) is 49.4 Å². The fourth-order valence-electron chi connectivity index (χ4n) is 4.15. The minimum Gasteiger partial charge on any atom is -0.391 e. The third-order valence-electron chi connectivity index (χ3n) is 5.76. The Morgan fingerprint density at radius 3 is 2.53 bits per heavy atom. The lowest BCUT2D eigenvalue weighted by atomic mass is 9.74. The van der Waals surface area contributed by atoms with Crippen LogP contribution in [0.3, 0.4) is 0 Å². The highest BCUT2D eigenvalue weighted by Crippen LogP contribution is 2.38. The first kappa shape index (κ1) is 21.8. The Kier molecular flexibility index (Phi) is 7.05. The summed E-state index contributed by atoms with van der Waals surface area (Å²) >= 11 is 0. The SMILES string of the molecule is CC(=O)N[C@H]1CC[C@](CNC(=O)Nc2cccc(F)c2)(c2ccccc2)CC[C@@H]1O. The minimum atomic E-state index is -0.638. The topological polar surface area (TPSA) is 90.5 Å². The van der Waals surface area contributed by atoms with Crippen LogP contribution in [0.4, 0.5) is 14.9 Å². The van der Waals surface area contributed by atoms with Crippen LogP contribution < -0.4 is 16.0 Å². The molecule has 0 radical (unpaired) electrons. The lowest BCUT2D eigenvalue weighted by molar-refractivity contribution is -0.120. The molecule has 4 N–H and O–H groups in total. The number of urea groups is 1. The van der Waals surface area contributed by atoms with Crippen LogP contribution in [0.2, 0.25) is 0 Å². The van der Waals surface area contributed by atoms with E-state index in [4.69, 9.17) is 0 Å². The molecule has 6 nitrogen and oxygen atoms in total. The van der Waals surface area contributed by atoms with Crippen LogP contribution in [-0.4, -0.2) is 35.7 Å². The van der Waals surface area contributed by atoms with Gasteiger partial charge in [-0.2, -0.15) is 0 Å². The van der Waals surface area contributed by atoms with Crippen molar-refractivity contribution in [2.75, 3.05) is 11.9 Å². The first-order valence-corrected chi connectivity index (χ1v) is 10.2. The van der Waals surface area contributed by atoms with E-state index in [-0.39, 0.29) is 17.4 Å². The Bertz CT molecular complexity index is 877. The van der Waals surface area contributed by atoms with E-state index < -0.39 is 18.0 Å². The maximum absolute atomic E-state index is 13.4. The largest absolute Gasteiger partial charge is 0.391 e. The number of aliphatic hydroxyl groups excluding tert-OH is 1. The van der Waals surface area contributed by atoms with Gasteiger partial charge in [0.15, 0.2) is 0 Å². The molecule has 3 atom stereocenters. The number of halogens is 1. The van der Waals surface area contributed by atoms with E-state index >= 15 is 0 Å². The lowest BCUT2D eigenvalue weighted by Gasteiger charge is -2.34. The van der Waals surface area contributed by atoms with Crippen LogP contribution in [0, 0.1) is 5.82 Å². The van der Waals surface area contributed by atoms with Crippen molar-refractivity contribution in [1.29, 1.82) is 0 Å². The summed E-state index contributed by atoms with van der Waals surface area (Å²) in [5.41, 5.74) is 1.07. The number of carbonyl (C=O) groups excluding carboxylic acids is 2. The summed E-state index contributed by atoms with van der Waals surface area (Å²) < 4.78 is 13.4. The molecule has 0 aromatic heterocycles. The second kappa shape index (κ2) is 9.71. The summed E-state index contributed by atoms with van der Waals surface area (Å²) in [6.07, 6.45) is 1.82. The number of anilines is 1. The molecule has 1 aliphatic rings. The Labute approximate surface area is 175 Å². The summed E-state index contributed by atoms with van der Waals surface area (Å²) in [5.74, 6) is -0.589. The molecule has 0 unspecified atom stereocenters. The number of hydrogen-bond acceptors (Lipinski definition) is 3. The number of amides is 3. The van der Waals surface area contributed by atoms with Crippen molar-refractivity contribution in [3.8, 4) is 0 Å². The minimum absolute atomic E-state index is 0.168. The van der Waals surface area contributed by atoms with Gasteiger partial charge in [-0.25, -0.2) is 9.18 Å². The van der Waals surface area contributed by atoms with Gasteiger partial charge in [0.25, 0.3) is 0 Å². The van der Waals surface area contributed by atoms with Crippen molar-refractivity contribution < 1.29 is 19.1 Å². The van der Waals surface area contributed by atoms with Gasteiger partial charge in [0, 0.05) is 24.6 Å². The van der Waals surface area contributed by atoms with Gasteiger partial charge in [0.05, 0.1) is 12.1 Å². The number of hydrogen-bond donors (Lipinski definition) is 4. The molecule has 0 bridgehead atoms. The normalized spacial score (nSPS) is 23.8. The highest BCUT2D eigenvalue weighted by Gasteiger charge is 2.38. The van der Waals surface area contributed by atoms with E-state index in [0.29, 0.717) is 37.9 Å². The molecule has 0 saturated heterocycles. The number of benzene rings is 2. The van der Waals surface area contributed by atoms with E-state index in [0.717, 1.165) is 5.56 Å². The fourth-order valence-corrected chi connectivity index (χ4v) is 4.15. The Hall–Kier alpha value is -2.93. The number of rotatable bonds is 5.